The molecule has 2 aromatic rings. The zero-order chi connectivity index (χ0) is 25.6. The Hall–Kier alpha value is -3.11. The second-order valence-corrected chi connectivity index (χ2v) is 10.2. The number of hydrogen-bond donors (Lipinski definition) is 1. The van der Waals surface area contributed by atoms with Crippen LogP contribution in [0.25, 0.3) is 17.3 Å². The number of carbonyl (C=O) groups excluding carboxylic acids is 1. The van der Waals surface area contributed by atoms with Crippen LogP contribution in [-0.2, 0) is 19.6 Å². The first-order valence-corrected chi connectivity index (χ1v) is 12.4. The second-order valence-electron chi connectivity index (χ2n) is 8.19. The van der Waals surface area contributed by atoms with Gasteiger partial charge in [-0.25, -0.2) is 27.1 Å². The minimum Gasteiger partial charge on any atom is -0.469 e. The molecular weight excluding hydrogens is 461 g/mol. The van der Waals surface area contributed by atoms with Gasteiger partial charge in [0.2, 0.25) is 16.0 Å². The molecule has 0 saturated carbocycles. The Morgan fingerprint density at radius 1 is 1.24 bits per heavy atom. The van der Waals surface area contributed by atoms with E-state index >= 15 is 0 Å². The Morgan fingerprint density at radius 3 is 2.38 bits per heavy atom. The van der Waals surface area contributed by atoms with Crippen LogP contribution in [0.1, 0.15) is 43.9 Å². The molecule has 1 atom stereocenters. The number of nitrogens with zero attached hydrogens (tertiary/aromatic N) is 3. The lowest BCUT2D eigenvalue weighted by Gasteiger charge is -2.20. The third kappa shape index (κ3) is 7.19. The summed E-state index contributed by atoms with van der Waals surface area (Å²) in [7, 11) is -1.00. The lowest BCUT2D eigenvalue weighted by Crippen LogP contribution is -2.27. The molecule has 0 amide bonds. The molecule has 0 aliphatic rings. The van der Waals surface area contributed by atoms with Gasteiger partial charge in [-0.1, -0.05) is 38.2 Å². The van der Waals surface area contributed by atoms with Gasteiger partial charge in [-0.05, 0) is 36.6 Å². The highest BCUT2D eigenvalue weighted by Gasteiger charge is 2.22. The highest BCUT2D eigenvalue weighted by molar-refractivity contribution is 7.92. The summed E-state index contributed by atoms with van der Waals surface area (Å²) in [5, 5.41) is 10.1. The van der Waals surface area contributed by atoms with Gasteiger partial charge in [-0.15, -0.1) is 0 Å². The molecule has 0 spiro atoms. The van der Waals surface area contributed by atoms with Gasteiger partial charge in [0.15, 0.2) is 0 Å². The topological polar surface area (TPSA) is 110 Å². The van der Waals surface area contributed by atoms with Crippen LogP contribution in [-0.4, -0.2) is 56.0 Å². The predicted molar refractivity (Wildman–Crippen MR) is 130 cm³/mol. The Labute approximate surface area is 199 Å². The highest BCUT2D eigenvalue weighted by atomic mass is 32.2. The van der Waals surface area contributed by atoms with Crippen LogP contribution >= 0.6 is 0 Å². The third-order valence-corrected chi connectivity index (χ3v) is 6.18. The van der Waals surface area contributed by atoms with Crippen molar-refractivity contribution in [2.75, 3.05) is 24.7 Å². The number of aliphatic hydroxyl groups excluding tert-OH is 1. The first kappa shape index (κ1) is 27.1. The summed E-state index contributed by atoms with van der Waals surface area (Å²) in [5.74, 6) is -1.05. The molecule has 0 bridgehead atoms. The van der Waals surface area contributed by atoms with Gasteiger partial charge < -0.3 is 9.84 Å². The molecule has 8 nitrogen and oxygen atoms in total. The number of sulfonamides is 1. The molecule has 0 radical (unpaired) electrons. The first-order chi connectivity index (χ1) is 15.8. The molecule has 2 rings (SSSR count). The zero-order valence-corrected chi connectivity index (χ0v) is 20.8. The van der Waals surface area contributed by atoms with Gasteiger partial charge >= 0.3 is 5.97 Å². The van der Waals surface area contributed by atoms with E-state index in [0.717, 1.165) is 10.6 Å². The highest BCUT2D eigenvalue weighted by Crippen LogP contribution is 2.32. The molecule has 1 aromatic heterocycles. The number of anilines is 1. The molecule has 10 heteroatoms. The number of carbonyl (C=O) groups is 1. The van der Waals surface area contributed by atoms with Gasteiger partial charge in [-0.2, -0.15) is 0 Å². The van der Waals surface area contributed by atoms with Crippen molar-refractivity contribution in [2.45, 2.75) is 38.7 Å². The minimum absolute atomic E-state index is 0.00463. The number of aliphatic hydroxyl groups is 1. The molecule has 1 aromatic carbocycles. The molecular formula is C24H30FN3O5S. The summed E-state index contributed by atoms with van der Waals surface area (Å²) < 4.78 is 43.4. The van der Waals surface area contributed by atoms with E-state index in [0.29, 0.717) is 28.1 Å². The average molecular weight is 492 g/mol. The molecule has 0 saturated heterocycles. The summed E-state index contributed by atoms with van der Waals surface area (Å²) in [6, 6.07) is 5.70. The number of rotatable bonds is 10. The molecule has 0 unspecified atom stereocenters. The fraction of sp³-hybridized carbons (Fsp3) is 0.375. The Kier molecular flexibility index (Phi) is 9.06. The number of halogens is 1. The van der Waals surface area contributed by atoms with E-state index in [1.807, 2.05) is 13.8 Å². The first-order valence-electron chi connectivity index (χ1n) is 10.6. The number of hydrogen-bond acceptors (Lipinski definition) is 7. The van der Waals surface area contributed by atoms with Gasteiger partial charge in [0.25, 0.3) is 0 Å². The summed E-state index contributed by atoms with van der Waals surface area (Å²) in [6.07, 6.45) is 3.50. The Morgan fingerprint density at radius 2 is 1.85 bits per heavy atom. The number of esters is 1. The van der Waals surface area contributed by atoms with Crippen molar-refractivity contribution in [1.82, 2.24) is 9.97 Å². The van der Waals surface area contributed by atoms with Crippen LogP contribution in [0.3, 0.4) is 0 Å². The molecule has 34 heavy (non-hydrogen) atoms. The van der Waals surface area contributed by atoms with Crippen LogP contribution in [0.15, 0.2) is 42.5 Å². The zero-order valence-electron chi connectivity index (χ0n) is 19.9. The number of ether oxygens (including phenoxy) is 1. The van der Waals surface area contributed by atoms with Crippen molar-refractivity contribution in [3.63, 3.8) is 0 Å². The van der Waals surface area contributed by atoms with Crippen molar-refractivity contribution in [3.05, 3.63) is 59.6 Å². The SMILES string of the molecule is C=C(/C=C/c1c(-c2ccc(F)cc2)nc(N(C)S(C)(=O)=O)nc1C(C)C)C[C@@H](O)CC(=O)OC. The van der Waals surface area contributed by atoms with E-state index in [1.54, 1.807) is 24.3 Å². The van der Waals surface area contributed by atoms with E-state index in [-0.39, 0.29) is 24.7 Å². The molecule has 0 aliphatic heterocycles. The molecule has 1 N–H and O–H groups in total. The van der Waals surface area contributed by atoms with Crippen molar-refractivity contribution in [3.8, 4) is 11.3 Å². The fourth-order valence-electron chi connectivity index (χ4n) is 3.12. The smallest absolute Gasteiger partial charge is 0.308 e. The largest absolute Gasteiger partial charge is 0.469 e. The van der Waals surface area contributed by atoms with Crippen molar-refractivity contribution >= 4 is 28.0 Å². The number of allylic oxidation sites excluding steroid dienone is 1. The normalized spacial score (nSPS) is 12.7. The van der Waals surface area contributed by atoms with E-state index in [9.17, 15) is 22.7 Å². The monoisotopic (exact) mass is 491 g/mol. The van der Waals surface area contributed by atoms with E-state index in [1.165, 1.54) is 26.3 Å². The molecule has 1 heterocycles. The van der Waals surface area contributed by atoms with Crippen LogP contribution < -0.4 is 4.31 Å². The standard InChI is InChI=1S/C24H30FN3O5S/c1-15(2)22-20(12-7-16(3)13-19(29)14-21(30)33-5)23(17-8-10-18(25)11-9-17)27-24(26-22)28(4)34(6,31)32/h7-12,15,19,29H,3,13-14H2,1-2,4-6H3/b12-7+/t19-/m1/s1. The van der Waals surface area contributed by atoms with Gasteiger partial charge in [-0.3, -0.25) is 4.79 Å². The van der Waals surface area contributed by atoms with Crippen LogP contribution in [0.2, 0.25) is 0 Å². The Bertz CT molecular complexity index is 1180. The van der Waals surface area contributed by atoms with E-state index < -0.39 is 27.9 Å². The quantitative estimate of drug-likeness (QED) is 0.399. The van der Waals surface area contributed by atoms with Gasteiger partial charge in [0.05, 0.1) is 37.3 Å². The third-order valence-electron chi connectivity index (χ3n) is 5.02. The maximum atomic E-state index is 13.6. The summed E-state index contributed by atoms with van der Waals surface area (Å²) >= 11 is 0. The van der Waals surface area contributed by atoms with Crippen molar-refractivity contribution < 1.29 is 27.4 Å². The van der Waals surface area contributed by atoms with Crippen molar-refractivity contribution in [1.29, 1.82) is 0 Å². The van der Waals surface area contributed by atoms with E-state index in [2.05, 4.69) is 21.3 Å². The lowest BCUT2D eigenvalue weighted by molar-refractivity contribution is -0.142. The van der Waals surface area contributed by atoms with E-state index in [4.69, 9.17) is 0 Å². The number of methoxy groups -OCH3 is 1. The molecule has 0 aliphatic carbocycles. The number of benzene rings is 1. The number of aromatic nitrogens is 2. The minimum atomic E-state index is -3.62. The van der Waals surface area contributed by atoms with Gasteiger partial charge in [0.1, 0.15) is 5.82 Å². The lowest BCUT2D eigenvalue weighted by atomic mass is 9.97. The van der Waals surface area contributed by atoms with Crippen LogP contribution in [0.5, 0.6) is 0 Å². The maximum Gasteiger partial charge on any atom is 0.308 e. The second kappa shape index (κ2) is 11.3. The summed E-state index contributed by atoms with van der Waals surface area (Å²) in [4.78, 5) is 20.4. The van der Waals surface area contributed by atoms with Gasteiger partial charge in [0, 0.05) is 18.2 Å². The van der Waals surface area contributed by atoms with Crippen molar-refractivity contribution in [2.24, 2.45) is 0 Å². The maximum absolute atomic E-state index is 13.6. The van der Waals surface area contributed by atoms with Crippen LogP contribution in [0, 0.1) is 5.82 Å². The molecule has 184 valence electrons. The van der Waals surface area contributed by atoms with Crippen LogP contribution in [0.4, 0.5) is 10.3 Å². The molecule has 0 fully saturated rings. The fourth-order valence-corrected chi connectivity index (χ4v) is 3.49. The Balaban J connectivity index is 2.58. The summed E-state index contributed by atoms with van der Waals surface area (Å²) in [6.45, 7) is 7.75. The average Bonchev–Trinajstić information content (AvgIpc) is 2.76. The summed E-state index contributed by atoms with van der Waals surface area (Å²) in [5.41, 5.74) is 2.73. The predicted octanol–water partition coefficient (Wildman–Crippen LogP) is 3.69.